The molecule has 0 unspecified atom stereocenters. The largest absolute Gasteiger partial charge is 0.385 e. The van der Waals surface area contributed by atoms with Crippen LogP contribution in [0.15, 0.2) is 36.4 Å². The number of nitriles is 1. The molecule has 3 nitrogen and oxygen atoms in total. The number of nitrogens with zero attached hydrogens (tertiary/aromatic N) is 1. The molecular formula is C21H23NO2. The number of hydrogen-bond acceptors (Lipinski definition) is 3. The number of carbonyl (C=O) groups is 1. The summed E-state index contributed by atoms with van der Waals surface area (Å²) >= 11 is 0. The van der Waals surface area contributed by atoms with Crippen LogP contribution < -0.4 is 0 Å². The SMILES string of the molecule is COCCCc1cccc2cc(C3(C#N)CCC(=O)CC3)ccc12. The zero-order valence-electron chi connectivity index (χ0n) is 14.2. The first-order chi connectivity index (χ1) is 11.7. The van der Waals surface area contributed by atoms with E-state index in [9.17, 15) is 10.1 Å². The summed E-state index contributed by atoms with van der Waals surface area (Å²) in [6, 6.07) is 15.2. The van der Waals surface area contributed by atoms with Crippen molar-refractivity contribution in [2.24, 2.45) is 0 Å². The Morgan fingerprint density at radius 1 is 1.21 bits per heavy atom. The molecule has 0 N–H and O–H groups in total. The first-order valence-corrected chi connectivity index (χ1v) is 8.62. The third-order valence-corrected chi connectivity index (χ3v) is 5.19. The molecule has 3 rings (SSSR count). The highest BCUT2D eigenvalue weighted by atomic mass is 16.5. The minimum atomic E-state index is -0.506. The topological polar surface area (TPSA) is 50.1 Å². The van der Waals surface area contributed by atoms with Gasteiger partial charge in [-0.2, -0.15) is 5.26 Å². The van der Waals surface area contributed by atoms with E-state index in [0.717, 1.165) is 25.0 Å². The van der Waals surface area contributed by atoms with Crippen LogP contribution >= 0.6 is 0 Å². The summed E-state index contributed by atoms with van der Waals surface area (Å²) in [4.78, 5) is 11.6. The molecule has 1 saturated carbocycles. The summed E-state index contributed by atoms with van der Waals surface area (Å²) in [6.45, 7) is 0.764. The van der Waals surface area contributed by atoms with Crippen LogP contribution in [0.1, 0.15) is 43.2 Å². The standard InChI is InChI=1S/C21H23NO2/c1-24-13-3-6-16-4-2-5-17-14-18(7-8-20(16)17)21(15-22)11-9-19(23)10-12-21/h2,4-5,7-8,14H,3,6,9-13H2,1H3. The lowest BCUT2D eigenvalue weighted by Crippen LogP contribution is -2.30. The van der Waals surface area contributed by atoms with E-state index in [-0.39, 0.29) is 5.78 Å². The van der Waals surface area contributed by atoms with Crippen LogP contribution in [-0.2, 0) is 21.4 Å². The number of rotatable bonds is 5. The molecule has 0 amide bonds. The average molecular weight is 321 g/mol. The van der Waals surface area contributed by atoms with Crippen LogP contribution in [0, 0.1) is 11.3 Å². The van der Waals surface area contributed by atoms with Crippen molar-refractivity contribution < 1.29 is 9.53 Å². The van der Waals surface area contributed by atoms with Crippen LogP contribution in [0.4, 0.5) is 0 Å². The second-order valence-electron chi connectivity index (χ2n) is 6.68. The molecule has 0 atom stereocenters. The third kappa shape index (κ3) is 3.20. The molecule has 0 bridgehead atoms. The number of aryl methyl sites for hydroxylation is 1. The summed E-state index contributed by atoms with van der Waals surface area (Å²) in [6.07, 6.45) is 4.30. The Labute approximate surface area is 143 Å². The fourth-order valence-corrected chi connectivity index (χ4v) is 3.69. The molecule has 2 aromatic rings. The Balaban J connectivity index is 1.94. The zero-order valence-corrected chi connectivity index (χ0v) is 14.2. The lowest BCUT2D eigenvalue weighted by atomic mass is 9.70. The van der Waals surface area contributed by atoms with Crippen LogP contribution in [0.2, 0.25) is 0 Å². The third-order valence-electron chi connectivity index (χ3n) is 5.19. The predicted molar refractivity (Wildman–Crippen MR) is 94.9 cm³/mol. The van der Waals surface area contributed by atoms with Gasteiger partial charge in [0.1, 0.15) is 5.78 Å². The van der Waals surface area contributed by atoms with E-state index < -0.39 is 5.41 Å². The van der Waals surface area contributed by atoms with Gasteiger partial charge in [-0.3, -0.25) is 4.79 Å². The fraction of sp³-hybridized carbons (Fsp3) is 0.429. The Hall–Kier alpha value is -2.18. The molecule has 0 heterocycles. The van der Waals surface area contributed by atoms with Gasteiger partial charge in [-0.15, -0.1) is 0 Å². The predicted octanol–water partition coefficient (Wildman–Crippen LogP) is 4.32. The molecule has 124 valence electrons. The van der Waals surface area contributed by atoms with E-state index in [0.29, 0.717) is 25.7 Å². The lowest BCUT2D eigenvalue weighted by molar-refractivity contribution is -0.120. The maximum absolute atomic E-state index is 11.6. The molecular weight excluding hydrogens is 298 g/mol. The van der Waals surface area contributed by atoms with Gasteiger partial charge in [-0.05, 0) is 53.6 Å². The highest BCUT2D eigenvalue weighted by molar-refractivity contribution is 5.87. The Kier molecular flexibility index (Phi) is 4.97. The van der Waals surface area contributed by atoms with Crippen molar-refractivity contribution in [2.45, 2.75) is 43.9 Å². The zero-order chi connectivity index (χ0) is 17.0. The molecule has 0 aromatic heterocycles. The van der Waals surface area contributed by atoms with Crippen molar-refractivity contribution in [3.05, 3.63) is 47.5 Å². The average Bonchev–Trinajstić information content (AvgIpc) is 2.63. The van der Waals surface area contributed by atoms with E-state index in [2.05, 4.69) is 42.5 Å². The molecule has 0 radical (unpaired) electrons. The van der Waals surface area contributed by atoms with Gasteiger partial charge >= 0.3 is 0 Å². The minimum absolute atomic E-state index is 0.280. The number of ketones is 1. The van der Waals surface area contributed by atoms with Crippen molar-refractivity contribution in [2.75, 3.05) is 13.7 Å². The van der Waals surface area contributed by atoms with E-state index in [4.69, 9.17) is 4.74 Å². The van der Waals surface area contributed by atoms with Crippen molar-refractivity contribution in [1.29, 1.82) is 5.26 Å². The number of benzene rings is 2. The molecule has 0 aliphatic heterocycles. The molecule has 24 heavy (non-hydrogen) atoms. The monoisotopic (exact) mass is 321 g/mol. The second-order valence-corrected chi connectivity index (χ2v) is 6.68. The molecule has 2 aromatic carbocycles. The summed E-state index contributed by atoms with van der Waals surface area (Å²) in [5, 5.41) is 12.2. The van der Waals surface area contributed by atoms with Crippen LogP contribution in [-0.4, -0.2) is 19.5 Å². The van der Waals surface area contributed by atoms with Gasteiger partial charge in [-0.25, -0.2) is 0 Å². The Morgan fingerprint density at radius 3 is 2.71 bits per heavy atom. The van der Waals surface area contributed by atoms with Gasteiger partial charge in [0.05, 0.1) is 11.5 Å². The normalized spacial score (nSPS) is 16.9. The van der Waals surface area contributed by atoms with Crippen LogP contribution in [0.5, 0.6) is 0 Å². The first kappa shape index (κ1) is 16.7. The number of fused-ring (bicyclic) bond motifs is 1. The maximum Gasteiger partial charge on any atom is 0.133 e. The summed E-state index contributed by atoms with van der Waals surface area (Å²) < 4.78 is 5.15. The molecule has 0 saturated heterocycles. The van der Waals surface area contributed by atoms with Crippen molar-refractivity contribution in [1.82, 2.24) is 0 Å². The Morgan fingerprint density at radius 2 is 2.00 bits per heavy atom. The van der Waals surface area contributed by atoms with E-state index in [1.807, 2.05) is 0 Å². The molecule has 1 aliphatic rings. The van der Waals surface area contributed by atoms with Crippen molar-refractivity contribution in [3.8, 4) is 6.07 Å². The number of carbonyl (C=O) groups excluding carboxylic acids is 1. The quantitative estimate of drug-likeness (QED) is 0.770. The molecule has 0 spiro atoms. The van der Waals surface area contributed by atoms with Crippen LogP contribution in [0.3, 0.4) is 0 Å². The van der Waals surface area contributed by atoms with Gasteiger partial charge in [0, 0.05) is 26.6 Å². The molecule has 3 heteroatoms. The number of methoxy groups -OCH3 is 1. The maximum atomic E-state index is 11.6. The second kappa shape index (κ2) is 7.15. The van der Waals surface area contributed by atoms with Gasteiger partial charge < -0.3 is 4.74 Å². The highest BCUT2D eigenvalue weighted by Gasteiger charge is 2.36. The van der Waals surface area contributed by atoms with Gasteiger partial charge in [0.2, 0.25) is 0 Å². The van der Waals surface area contributed by atoms with Crippen molar-refractivity contribution >= 4 is 16.6 Å². The first-order valence-electron chi connectivity index (χ1n) is 8.62. The van der Waals surface area contributed by atoms with E-state index in [1.165, 1.54) is 16.3 Å². The van der Waals surface area contributed by atoms with E-state index in [1.54, 1.807) is 7.11 Å². The van der Waals surface area contributed by atoms with Crippen LogP contribution in [0.25, 0.3) is 10.8 Å². The number of ether oxygens (including phenoxy) is 1. The highest BCUT2D eigenvalue weighted by Crippen LogP contribution is 2.39. The molecule has 1 aliphatic carbocycles. The summed E-state index contributed by atoms with van der Waals surface area (Å²) in [5.41, 5.74) is 1.87. The number of Topliss-reactive ketones (excluding diaryl/α,β-unsaturated/α-hetero) is 1. The van der Waals surface area contributed by atoms with Crippen molar-refractivity contribution in [3.63, 3.8) is 0 Å². The van der Waals surface area contributed by atoms with E-state index >= 15 is 0 Å². The fourth-order valence-electron chi connectivity index (χ4n) is 3.69. The van der Waals surface area contributed by atoms with Gasteiger partial charge in [0.15, 0.2) is 0 Å². The van der Waals surface area contributed by atoms with Gasteiger partial charge in [-0.1, -0.05) is 30.3 Å². The summed E-state index contributed by atoms with van der Waals surface area (Å²) in [7, 11) is 1.73. The van der Waals surface area contributed by atoms with Gasteiger partial charge in [0.25, 0.3) is 0 Å². The smallest absolute Gasteiger partial charge is 0.133 e. The molecule has 1 fully saturated rings. The Bertz CT molecular complexity index is 778. The number of hydrogen-bond donors (Lipinski definition) is 0. The minimum Gasteiger partial charge on any atom is -0.385 e. The lowest BCUT2D eigenvalue weighted by Gasteiger charge is -2.30. The summed E-state index contributed by atoms with van der Waals surface area (Å²) in [5.74, 6) is 0.280.